The molecule has 0 amide bonds. The highest BCUT2D eigenvalue weighted by atomic mass is 32.2. The highest BCUT2D eigenvalue weighted by Gasteiger charge is 2.31. The second-order valence-electron chi connectivity index (χ2n) is 5.51. The summed E-state index contributed by atoms with van der Waals surface area (Å²) in [6, 6.07) is 7.23. The Hall–Kier alpha value is -0.910. The summed E-state index contributed by atoms with van der Waals surface area (Å²) in [4.78, 5) is 0.386. The van der Waals surface area contributed by atoms with E-state index in [4.69, 9.17) is 5.73 Å². The van der Waals surface area contributed by atoms with Crippen molar-refractivity contribution >= 4 is 10.0 Å². The van der Waals surface area contributed by atoms with Crippen molar-refractivity contribution in [2.45, 2.75) is 50.0 Å². The molecule has 0 aromatic heterocycles. The van der Waals surface area contributed by atoms with Crippen LogP contribution < -0.4 is 5.73 Å². The smallest absolute Gasteiger partial charge is 0.243 e. The van der Waals surface area contributed by atoms with E-state index in [0.717, 1.165) is 31.2 Å². The zero-order chi connectivity index (χ0) is 14.6. The van der Waals surface area contributed by atoms with Gasteiger partial charge in [-0.25, -0.2) is 8.42 Å². The van der Waals surface area contributed by atoms with Gasteiger partial charge in [0.1, 0.15) is 0 Å². The molecular weight excluding hydrogens is 272 g/mol. The molecule has 4 nitrogen and oxygen atoms in total. The molecule has 0 radical (unpaired) electrons. The normalized spacial score (nSPS) is 17.6. The average Bonchev–Trinajstić information content (AvgIpc) is 2.45. The Morgan fingerprint density at radius 2 is 1.95 bits per heavy atom. The van der Waals surface area contributed by atoms with Crippen molar-refractivity contribution < 1.29 is 8.42 Å². The van der Waals surface area contributed by atoms with Gasteiger partial charge in [-0.3, -0.25) is 0 Å². The number of rotatable bonds is 5. The summed E-state index contributed by atoms with van der Waals surface area (Å²) in [7, 11) is -3.43. The summed E-state index contributed by atoms with van der Waals surface area (Å²) in [5, 5.41) is 0. The van der Waals surface area contributed by atoms with Crippen LogP contribution in [-0.2, 0) is 10.0 Å². The van der Waals surface area contributed by atoms with Crippen molar-refractivity contribution in [3.05, 3.63) is 29.8 Å². The van der Waals surface area contributed by atoms with Crippen molar-refractivity contribution in [1.29, 1.82) is 0 Å². The SMILES string of the molecule is Cc1cccc(S(=O)(=O)N(CCN)C2CCCCC2)c1. The standard InChI is InChI=1S/C15H24N2O2S/c1-13-6-5-9-15(12-13)20(18,19)17(11-10-16)14-7-3-2-4-8-14/h5-6,9,12,14H,2-4,7-8,10-11,16H2,1H3. The predicted octanol–water partition coefficient (Wildman–Crippen LogP) is 2.28. The van der Waals surface area contributed by atoms with Crippen molar-refractivity contribution in [1.82, 2.24) is 4.31 Å². The summed E-state index contributed by atoms with van der Waals surface area (Å²) in [6.45, 7) is 2.68. The molecular formula is C15H24N2O2S. The molecule has 0 heterocycles. The average molecular weight is 296 g/mol. The maximum absolute atomic E-state index is 12.8. The zero-order valence-corrected chi connectivity index (χ0v) is 12.9. The van der Waals surface area contributed by atoms with Crippen LogP contribution in [0.25, 0.3) is 0 Å². The fourth-order valence-electron chi connectivity index (χ4n) is 2.91. The van der Waals surface area contributed by atoms with Gasteiger partial charge in [0.2, 0.25) is 10.0 Å². The Morgan fingerprint density at radius 3 is 2.55 bits per heavy atom. The van der Waals surface area contributed by atoms with Crippen molar-refractivity contribution in [3.63, 3.8) is 0 Å². The number of nitrogens with zero attached hydrogens (tertiary/aromatic N) is 1. The van der Waals surface area contributed by atoms with Gasteiger partial charge in [-0.05, 0) is 37.5 Å². The number of hydrogen-bond acceptors (Lipinski definition) is 3. The third-order valence-electron chi connectivity index (χ3n) is 3.93. The molecule has 2 rings (SSSR count). The fraction of sp³-hybridized carbons (Fsp3) is 0.600. The lowest BCUT2D eigenvalue weighted by Gasteiger charge is -2.33. The van der Waals surface area contributed by atoms with E-state index in [1.807, 2.05) is 13.0 Å². The number of sulfonamides is 1. The highest BCUT2D eigenvalue weighted by Crippen LogP contribution is 2.27. The van der Waals surface area contributed by atoms with Crippen LogP contribution in [-0.4, -0.2) is 31.9 Å². The van der Waals surface area contributed by atoms with Crippen LogP contribution in [0, 0.1) is 6.92 Å². The third kappa shape index (κ3) is 3.40. The van der Waals surface area contributed by atoms with Crippen molar-refractivity contribution in [3.8, 4) is 0 Å². The summed E-state index contributed by atoms with van der Waals surface area (Å²) in [5.41, 5.74) is 6.60. The quantitative estimate of drug-likeness (QED) is 0.906. The van der Waals surface area contributed by atoms with Crippen LogP contribution in [0.15, 0.2) is 29.2 Å². The van der Waals surface area contributed by atoms with E-state index >= 15 is 0 Å². The second-order valence-corrected chi connectivity index (χ2v) is 7.40. The van der Waals surface area contributed by atoms with E-state index < -0.39 is 10.0 Å². The summed E-state index contributed by atoms with van der Waals surface area (Å²) in [5.74, 6) is 0. The minimum Gasteiger partial charge on any atom is -0.329 e. The van der Waals surface area contributed by atoms with Gasteiger partial charge in [0, 0.05) is 19.1 Å². The monoisotopic (exact) mass is 296 g/mol. The van der Waals surface area contributed by atoms with E-state index in [9.17, 15) is 8.42 Å². The molecule has 2 N–H and O–H groups in total. The minimum absolute atomic E-state index is 0.109. The molecule has 1 fully saturated rings. The zero-order valence-electron chi connectivity index (χ0n) is 12.1. The largest absolute Gasteiger partial charge is 0.329 e. The topological polar surface area (TPSA) is 63.4 Å². The van der Waals surface area contributed by atoms with Crippen LogP contribution in [0.4, 0.5) is 0 Å². The van der Waals surface area contributed by atoms with Crippen LogP contribution >= 0.6 is 0 Å². The molecule has 1 aromatic rings. The highest BCUT2D eigenvalue weighted by molar-refractivity contribution is 7.89. The van der Waals surface area contributed by atoms with E-state index in [-0.39, 0.29) is 6.04 Å². The first-order valence-electron chi connectivity index (χ1n) is 7.34. The summed E-state index contributed by atoms with van der Waals surface area (Å²) < 4.78 is 27.3. The lowest BCUT2D eigenvalue weighted by molar-refractivity contribution is 0.257. The fourth-order valence-corrected chi connectivity index (χ4v) is 4.71. The van der Waals surface area contributed by atoms with Crippen LogP contribution in [0.3, 0.4) is 0 Å². The molecule has 1 saturated carbocycles. The first-order chi connectivity index (χ1) is 9.55. The van der Waals surface area contributed by atoms with E-state index in [1.54, 1.807) is 22.5 Å². The lowest BCUT2D eigenvalue weighted by atomic mass is 9.95. The molecule has 1 aromatic carbocycles. The van der Waals surface area contributed by atoms with Gasteiger partial charge in [0.05, 0.1) is 4.90 Å². The molecule has 20 heavy (non-hydrogen) atoms. The number of benzene rings is 1. The molecule has 1 aliphatic carbocycles. The summed E-state index contributed by atoms with van der Waals surface area (Å²) in [6.07, 6.45) is 5.32. The molecule has 0 atom stereocenters. The second kappa shape index (κ2) is 6.70. The van der Waals surface area contributed by atoms with E-state index in [0.29, 0.717) is 18.0 Å². The van der Waals surface area contributed by atoms with Gasteiger partial charge < -0.3 is 5.73 Å². The van der Waals surface area contributed by atoms with Crippen LogP contribution in [0.1, 0.15) is 37.7 Å². The molecule has 1 aliphatic rings. The van der Waals surface area contributed by atoms with Gasteiger partial charge in [-0.2, -0.15) is 4.31 Å². The third-order valence-corrected chi connectivity index (χ3v) is 5.88. The van der Waals surface area contributed by atoms with E-state index in [1.165, 1.54) is 6.42 Å². The van der Waals surface area contributed by atoms with Crippen molar-refractivity contribution in [2.24, 2.45) is 5.73 Å². The van der Waals surface area contributed by atoms with Gasteiger partial charge >= 0.3 is 0 Å². The minimum atomic E-state index is -3.43. The van der Waals surface area contributed by atoms with Gasteiger partial charge in [-0.1, -0.05) is 31.4 Å². The van der Waals surface area contributed by atoms with Crippen molar-refractivity contribution in [2.75, 3.05) is 13.1 Å². The number of aryl methyl sites for hydroxylation is 1. The van der Waals surface area contributed by atoms with Gasteiger partial charge in [0.25, 0.3) is 0 Å². The van der Waals surface area contributed by atoms with Gasteiger partial charge in [-0.15, -0.1) is 0 Å². The molecule has 0 saturated heterocycles. The predicted molar refractivity (Wildman–Crippen MR) is 81.0 cm³/mol. The maximum Gasteiger partial charge on any atom is 0.243 e. The maximum atomic E-state index is 12.8. The number of nitrogens with two attached hydrogens (primary N) is 1. The molecule has 112 valence electrons. The summed E-state index contributed by atoms with van der Waals surface area (Å²) >= 11 is 0. The Balaban J connectivity index is 2.31. The Labute approximate surface area is 122 Å². The first kappa shape index (κ1) is 15.5. The van der Waals surface area contributed by atoms with E-state index in [2.05, 4.69) is 0 Å². The van der Waals surface area contributed by atoms with Gasteiger partial charge in [0.15, 0.2) is 0 Å². The molecule has 5 heteroatoms. The number of hydrogen-bond donors (Lipinski definition) is 1. The molecule has 0 bridgehead atoms. The molecule has 0 aliphatic heterocycles. The Bertz CT molecular complexity index is 537. The first-order valence-corrected chi connectivity index (χ1v) is 8.78. The Kier molecular flexibility index (Phi) is 5.18. The molecule has 0 spiro atoms. The van der Waals surface area contributed by atoms with Crippen LogP contribution in [0.2, 0.25) is 0 Å². The lowest BCUT2D eigenvalue weighted by Crippen LogP contribution is -2.44. The molecule has 0 unspecified atom stereocenters. The Morgan fingerprint density at radius 1 is 1.25 bits per heavy atom. The van der Waals surface area contributed by atoms with Crippen LogP contribution in [0.5, 0.6) is 0 Å².